The summed E-state index contributed by atoms with van der Waals surface area (Å²) >= 11 is 0. The standard InChI is InChI=1S/C37H50O7Si/c1-23(2)14-13-15-24(3)16-18-26-31(44-45(11,12)37(7,8)9)22-28(39)33-27(38)21-30(42-34(26)33)25-17-19-29(32(20-25)41-10)43-35(40)36(4,5)6/h13-14,16-17,19-23,39H,15,18H2,1-12H3/b14-13+,24-16+. The molecule has 0 aliphatic rings. The van der Waals surface area contributed by atoms with E-state index in [2.05, 4.69) is 72.9 Å². The number of ether oxygens (including phenoxy) is 2. The number of hydrogen-bond acceptors (Lipinski definition) is 7. The highest BCUT2D eigenvalue weighted by Gasteiger charge is 2.40. The number of phenols is 1. The van der Waals surface area contributed by atoms with Crippen LogP contribution >= 0.6 is 0 Å². The Balaban J connectivity index is 2.23. The first-order valence-corrected chi connectivity index (χ1v) is 18.4. The second-order valence-electron chi connectivity index (χ2n) is 14.5. The van der Waals surface area contributed by atoms with Crippen LogP contribution < -0.4 is 19.3 Å². The number of aromatic hydroxyl groups is 1. The number of hydrogen-bond donors (Lipinski definition) is 1. The van der Waals surface area contributed by atoms with Crippen LogP contribution in [-0.4, -0.2) is 26.5 Å². The average molecular weight is 635 g/mol. The molecule has 0 saturated heterocycles. The molecule has 3 rings (SSSR count). The van der Waals surface area contributed by atoms with Crippen LogP contribution in [0.3, 0.4) is 0 Å². The van der Waals surface area contributed by atoms with E-state index in [1.165, 1.54) is 13.2 Å². The van der Waals surface area contributed by atoms with Gasteiger partial charge in [-0.2, -0.15) is 0 Å². The second-order valence-corrected chi connectivity index (χ2v) is 19.3. The van der Waals surface area contributed by atoms with Crippen molar-refractivity contribution in [2.24, 2.45) is 11.3 Å². The lowest BCUT2D eigenvalue weighted by molar-refractivity contribution is -0.143. The largest absolute Gasteiger partial charge is 0.543 e. The number of esters is 1. The minimum atomic E-state index is -2.33. The van der Waals surface area contributed by atoms with Gasteiger partial charge in [0.05, 0.1) is 12.5 Å². The van der Waals surface area contributed by atoms with E-state index < -0.39 is 19.7 Å². The number of benzene rings is 2. The molecule has 7 nitrogen and oxygen atoms in total. The smallest absolute Gasteiger partial charge is 0.316 e. The highest BCUT2D eigenvalue weighted by molar-refractivity contribution is 6.74. The summed E-state index contributed by atoms with van der Waals surface area (Å²) in [6, 6.07) is 7.90. The number of allylic oxidation sites excluding steroid dienone is 4. The number of methoxy groups -OCH3 is 1. The molecule has 45 heavy (non-hydrogen) atoms. The van der Waals surface area contributed by atoms with E-state index in [0.29, 0.717) is 35.0 Å². The molecule has 0 amide bonds. The van der Waals surface area contributed by atoms with E-state index in [1.54, 1.807) is 45.0 Å². The lowest BCUT2D eigenvalue weighted by atomic mass is 9.97. The van der Waals surface area contributed by atoms with Gasteiger partial charge in [-0.25, -0.2) is 0 Å². The zero-order chi connectivity index (χ0) is 33.9. The summed E-state index contributed by atoms with van der Waals surface area (Å²) in [6.45, 7) is 22.4. The third-order valence-electron chi connectivity index (χ3n) is 8.09. The van der Waals surface area contributed by atoms with Gasteiger partial charge in [0.2, 0.25) is 8.32 Å². The quantitative estimate of drug-likeness (QED) is 0.103. The molecule has 0 fully saturated rings. The van der Waals surface area contributed by atoms with Gasteiger partial charge < -0.3 is 23.4 Å². The second kappa shape index (κ2) is 13.7. The minimum absolute atomic E-state index is 0.0975. The summed E-state index contributed by atoms with van der Waals surface area (Å²) in [6.07, 6.45) is 7.69. The van der Waals surface area contributed by atoms with Gasteiger partial charge in [-0.3, -0.25) is 9.59 Å². The maximum Gasteiger partial charge on any atom is 0.316 e. The van der Waals surface area contributed by atoms with E-state index >= 15 is 0 Å². The van der Waals surface area contributed by atoms with Gasteiger partial charge in [-0.05, 0) is 82.8 Å². The van der Waals surface area contributed by atoms with Crippen LogP contribution in [0.1, 0.15) is 74.3 Å². The van der Waals surface area contributed by atoms with Crippen molar-refractivity contribution in [3.05, 3.63) is 69.9 Å². The highest BCUT2D eigenvalue weighted by Crippen LogP contribution is 2.43. The van der Waals surface area contributed by atoms with E-state index in [9.17, 15) is 14.7 Å². The van der Waals surface area contributed by atoms with E-state index in [-0.39, 0.29) is 38.7 Å². The Labute approximate surface area is 269 Å². The third-order valence-corrected chi connectivity index (χ3v) is 12.4. The Bertz CT molecular complexity index is 1660. The third kappa shape index (κ3) is 8.69. The summed E-state index contributed by atoms with van der Waals surface area (Å²) in [5, 5.41) is 11.1. The van der Waals surface area contributed by atoms with Gasteiger partial charge in [-0.15, -0.1) is 0 Å². The van der Waals surface area contributed by atoms with Crippen molar-refractivity contribution in [2.75, 3.05) is 7.11 Å². The average Bonchev–Trinajstić information content (AvgIpc) is 2.91. The molecular formula is C37H50O7Si. The molecule has 0 saturated carbocycles. The molecule has 1 aromatic heterocycles. The van der Waals surface area contributed by atoms with E-state index in [1.807, 2.05) is 0 Å². The summed E-state index contributed by atoms with van der Waals surface area (Å²) in [4.78, 5) is 26.1. The van der Waals surface area contributed by atoms with Crippen molar-refractivity contribution in [3.63, 3.8) is 0 Å². The molecule has 0 aliphatic carbocycles. The fraction of sp³-hybridized carbons (Fsp3) is 0.459. The first-order chi connectivity index (χ1) is 20.7. The number of carbonyl (C=O) groups excluding carboxylic acids is 1. The molecule has 0 unspecified atom stereocenters. The normalized spacial score (nSPS) is 13.1. The Morgan fingerprint density at radius 1 is 1.02 bits per heavy atom. The number of phenolic OH excluding ortho intramolecular Hbond substituents is 1. The molecule has 3 aromatic rings. The maximum atomic E-state index is 13.5. The summed E-state index contributed by atoms with van der Waals surface area (Å²) in [5.41, 5.74) is 1.60. The van der Waals surface area contributed by atoms with Crippen molar-refractivity contribution in [3.8, 4) is 34.3 Å². The molecule has 0 spiro atoms. The molecule has 0 atom stereocenters. The highest BCUT2D eigenvalue weighted by atomic mass is 28.4. The van der Waals surface area contributed by atoms with Crippen LogP contribution in [0.25, 0.3) is 22.3 Å². The van der Waals surface area contributed by atoms with Gasteiger partial charge in [0.25, 0.3) is 0 Å². The Hall–Kier alpha value is -3.78. The molecule has 8 heteroatoms. The van der Waals surface area contributed by atoms with Gasteiger partial charge in [0.1, 0.15) is 28.2 Å². The van der Waals surface area contributed by atoms with Gasteiger partial charge in [-0.1, -0.05) is 58.4 Å². The lowest BCUT2D eigenvalue weighted by Crippen LogP contribution is -2.44. The molecule has 1 heterocycles. The van der Waals surface area contributed by atoms with Gasteiger partial charge in [0, 0.05) is 23.3 Å². The van der Waals surface area contributed by atoms with Crippen LogP contribution in [0.5, 0.6) is 23.0 Å². The Morgan fingerprint density at radius 2 is 1.69 bits per heavy atom. The van der Waals surface area contributed by atoms with Crippen molar-refractivity contribution >= 4 is 25.3 Å². The molecular weight excluding hydrogens is 584 g/mol. The van der Waals surface area contributed by atoms with Crippen LogP contribution in [-0.2, 0) is 11.2 Å². The summed E-state index contributed by atoms with van der Waals surface area (Å²) in [5.74, 6) is 1.25. The van der Waals surface area contributed by atoms with Crippen LogP contribution in [0.15, 0.2) is 63.3 Å². The predicted molar refractivity (Wildman–Crippen MR) is 185 cm³/mol. The number of rotatable bonds is 10. The summed E-state index contributed by atoms with van der Waals surface area (Å²) < 4.78 is 24.3. The van der Waals surface area contributed by atoms with Crippen LogP contribution in [0.4, 0.5) is 0 Å². The van der Waals surface area contributed by atoms with Gasteiger partial charge in [0.15, 0.2) is 16.9 Å². The molecule has 244 valence electrons. The molecule has 0 bridgehead atoms. The van der Waals surface area contributed by atoms with Crippen molar-refractivity contribution in [2.45, 2.75) is 93.3 Å². The van der Waals surface area contributed by atoms with E-state index in [4.69, 9.17) is 18.3 Å². The lowest BCUT2D eigenvalue weighted by Gasteiger charge is -2.37. The van der Waals surface area contributed by atoms with Crippen LogP contribution in [0.2, 0.25) is 18.1 Å². The Kier molecular flexibility index (Phi) is 10.9. The van der Waals surface area contributed by atoms with Gasteiger partial charge >= 0.3 is 5.97 Å². The monoisotopic (exact) mass is 634 g/mol. The van der Waals surface area contributed by atoms with Crippen LogP contribution in [0, 0.1) is 11.3 Å². The molecule has 0 radical (unpaired) electrons. The molecule has 1 N–H and O–H groups in total. The topological polar surface area (TPSA) is 95.2 Å². The minimum Gasteiger partial charge on any atom is -0.543 e. The SMILES string of the molecule is COc1cc(-c2cc(=O)c3c(O)cc(O[Si](C)(C)C(C)(C)C)c(C/C=C(\C)C/C=C/C(C)C)c3o2)ccc1OC(=O)C(C)(C)C. The fourth-order valence-corrected chi connectivity index (χ4v) is 5.28. The molecule has 0 aliphatic heterocycles. The number of carbonyl (C=O) groups is 1. The van der Waals surface area contributed by atoms with Crippen molar-refractivity contribution in [1.29, 1.82) is 0 Å². The number of fused-ring (bicyclic) bond motifs is 1. The zero-order valence-electron chi connectivity index (χ0n) is 29.0. The first-order valence-electron chi connectivity index (χ1n) is 15.5. The van der Waals surface area contributed by atoms with Crippen molar-refractivity contribution in [1.82, 2.24) is 0 Å². The maximum absolute atomic E-state index is 13.5. The van der Waals surface area contributed by atoms with E-state index in [0.717, 1.165) is 12.0 Å². The summed E-state index contributed by atoms with van der Waals surface area (Å²) in [7, 11) is -0.853. The van der Waals surface area contributed by atoms with Crippen molar-refractivity contribution < 1.29 is 28.2 Å². The molecule has 2 aromatic carbocycles. The Morgan fingerprint density at radius 3 is 2.27 bits per heavy atom. The zero-order valence-corrected chi connectivity index (χ0v) is 30.0. The first kappa shape index (κ1) is 35.7. The fourth-order valence-electron chi connectivity index (χ4n) is 4.24. The predicted octanol–water partition coefficient (Wildman–Crippen LogP) is 9.60.